The minimum atomic E-state index is -4.97. The van der Waals surface area contributed by atoms with E-state index in [9.17, 15) is 41.0 Å². The number of carbonyl (C=O) groups is 2. The van der Waals surface area contributed by atoms with Crippen LogP contribution >= 0.6 is 0 Å². The number of benzene rings is 2. The smallest absolute Gasteiger partial charge is 0.416 e. The number of alkyl carbamates (subject to hydrolysis) is 1. The topological polar surface area (TPSA) is 78.9 Å². The van der Waals surface area contributed by atoms with Crippen molar-refractivity contribution < 1.29 is 45.8 Å². The quantitative estimate of drug-likeness (QED) is 0.446. The van der Waals surface area contributed by atoms with Crippen molar-refractivity contribution in [3.63, 3.8) is 0 Å². The molecule has 6 nitrogen and oxygen atoms in total. The SMILES string of the molecule is Cc1cc2c(cc1C)N(C(=O)O)C(C)CC2NC(=O)OCCc1cc(C(F)(F)F)cc(C(F)(F)F)c1. The molecule has 0 radical (unpaired) electrons. The Morgan fingerprint density at radius 3 is 2.08 bits per heavy atom. The van der Waals surface area contributed by atoms with Crippen LogP contribution in [0, 0.1) is 13.8 Å². The Morgan fingerprint density at radius 2 is 1.56 bits per heavy atom. The maximum Gasteiger partial charge on any atom is 0.416 e. The van der Waals surface area contributed by atoms with Gasteiger partial charge in [0.05, 0.1) is 29.5 Å². The van der Waals surface area contributed by atoms with Gasteiger partial charge in [-0.1, -0.05) is 6.07 Å². The fraction of sp³-hybridized carbons (Fsp3) is 0.417. The number of anilines is 1. The Kier molecular flexibility index (Phi) is 7.47. The molecule has 0 spiro atoms. The van der Waals surface area contributed by atoms with Gasteiger partial charge in [-0.05, 0) is 73.7 Å². The normalized spacial score (nSPS) is 18.0. The van der Waals surface area contributed by atoms with E-state index in [1.54, 1.807) is 19.1 Å². The summed E-state index contributed by atoms with van der Waals surface area (Å²) in [5.41, 5.74) is -0.476. The fourth-order valence-electron chi connectivity index (χ4n) is 4.16. The highest BCUT2D eigenvalue weighted by atomic mass is 19.4. The number of alkyl halides is 6. The number of halogens is 6. The van der Waals surface area contributed by atoms with Crippen molar-refractivity contribution in [1.82, 2.24) is 5.32 Å². The summed E-state index contributed by atoms with van der Waals surface area (Å²) in [6.07, 6.45) is -12.2. The van der Waals surface area contributed by atoms with Crippen LogP contribution in [-0.4, -0.2) is 29.9 Å². The van der Waals surface area contributed by atoms with Crippen LogP contribution in [0.4, 0.5) is 41.6 Å². The lowest BCUT2D eigenvalue weighted by atomic mass is 9.89. The average Bonchev–Trinajstić information content (AvgIpc) is 2.73. The summed E-state index contributed by atoms with van der Waals surface area (Å²) < 4.78 is 83.2. The monoisotopic (exact) mass is 518 g/mol. The van der Waals surface area contributed by atoms with Crippen LogP contribution in [0.2, 0.25) is 0 Å². The van der Waals surface area contributed by atoms with Crippen LogP contribution < -0.4 is 10.2 Å². The number of carbonyl (C=O) groups excluding carboxylic acids is 1. The van der Waals surface area contributed by atoms with E-state index in [-0.39, 0.29) is 24.5 Å². The number of carboxylic acid groups (broad SMARTS) is 1. The molecule has 2 unspecified atom stereocenters. The molecule has 0 aliphatic carbocycles. The van der Waals surface area contributed by atoms with E-state index in [4.69, 9.17) is 4.74 Å². The van der Waals surface area contributed by atoms with Gasteiger partial charge in [0.1, 0.15) is 0 Å². The molecular weight excluding hydrogens is 494 g/mol. The first kappa shape index (κ1) is 27.2. The molecule has 3 rings (SSSR count). The van der Waals surface area contributed by atoms with Gasteiger partial charge in [-0.3, -0.25) is 4.90 Å². The molecule has 2 atom stereocenters. The minimum Gasteiger partial charge on any atom is -0.465 e. The van der Waals surface area contributed by atoms with E-state index in [2.05, 4.69) is 5.32 Å². The van der Waals surface area contributed by atoms with Gasteiger partial charge in [0.2, 0.25) is 0 Å². The number of ether oxygens (including phenoxy) is 1. The van der Waals surface area contributed by atoms with E-state index in [1.165, 1.54) is 4.90 Å². The summed E-state index contributed by atoms with van der Waals surface area (Å²) in [6.45, 7) is 4.87. The van der Waals surface area contributed by atoms with Crippen molar-refractivity contribution in [2.75, 3.05) is 11.5 Å². The standard InChI is InChI=1S/C24H24F6N2O4/c1-12-6-18-19(8-14(3)32(22(34)35)20(18)7-13(12)2)31-21(33)36-5-4-15-9-16(23(25,26)27)11-17(10-15)24(28,29)30/h6-7,9-11,14,19H,4-5,8H2,1-3H3,(H,31,33)(H,34,35). The molecule has 1 aliphatic heterocycles. The van der Waals surface area contributed by atoms with E-state index in [1.807, 2.05) is 13.8 Å². The van der Waals surface area contributed by atoms with Gasteiger partial charge in [0.15, 0.2) is 0 Å². The zero-order valence-electron chi connectivity index (χ0n) is 19.5. The molecule has 12 heteroatoms. The van der Waals surface area contributed by atoms with Crippen molar-refractivity contribution in [1.29, 1.82) is 0 Å². The van der Waals surface area contributed by atoms with Gasteiger partial charge >= 0.3 is 24.5 Å². The molecule has 1 aliphatic rings. The first-order chi connectivity index (χ1) is 16.6. The molecule has 0 saturated carbocycles. The molecule has 2 aromatic carbocycles. The second-order valence-electron chi connectivity index (χ2n) is 8.73. The third-order valence-corrected chi connectivity index (χ3v) is 6.07. The summed E-state index contributed by atoms with van der Waals surface area (Å²) in [6, 6.07) is 3.58. The van der Waals surface area contributed by atoms with Crippen LogP contribution in [0.1, 0.15) is 52.8 Å². The van der Waals surface area contributed by atoms with Crippen LogP contribution in [0.3, 0.4) is 0 Å². The molecule has 1 heterocycles. The highest BCUT2D eigenvalue weighted by Gasteiger charge is 2.37. The number of nitrogens with zero attached hydrogens (tertiary/aromatic N) is 1. The fourth-order valence-corrected chi connectivity index (χ4v) is 4.16. The number of nitrogens with one attached hydrogen (secondary N) is 1. The van der Waals surface area contributed by atoms with Crippen LogP contribution in [0.25, 0.3) is 0 Å². The van der Waals surface area contributed by atoms with E-state index >= 15 is 0 Å². The number of aryl methyl sites for hydroxylation is 2. The molecule has 2 N–H and O–H groups in total. The first-order valence-electron chi connectivity index (χ1n) is 10.9. The molecule has 2 amide bonds. The van der Waals surface area contributed by atoms with E-state index in [0.717, 1.165) is 11.1 Å². The average molecular weight is 518 g/mol. The maximum absolute atomic E-state index is 13.0. The summed E-state index contributed by atoms with van der Waals surface area (Å²) in [4.78, 5) is 25.4. The van der Waals surface area contributed by atoms with Gasteiger partial charge in [-0.2, -0.15) is 26.3 Å². The van der Waals surface area contributed by atoms with Crippen LogP contribution in [0.15, 0.2) is 30.3 Å². The molecule has 0 bridgehead atoms. The summed E-state index contributed by atoms with van der Waals surface area (Å²) in [7, 11) is 0. The molecule has 36 heavy (non-hydrogen) atoms. The lowest BCUT2D eigenvalue weighted by molar-refractivity contribution is -0.143. The highest BCUT2D eigenvalue weighted by Crippen LogP contribution is 2.39. The number of hydrogen-bond donors (Lipinski definition) is 2. The van der Waals surface area contributed by atoms with Crippen molar-refractivity contribution in [2.24, 2.45) is 0 Å². The maximum atomic E-state index is 13.0. The van der Waals surface area contributed by atoms with Crippen molar-refractivity contribution >= 4 is 17.9 Å². The summed E-state index contributed by atoms with van der Waals surface area (Å²) in [5, 5.41) is 12.2. The Balaban J connectivity index is 1.72. The number of fused-ring (bicyclic) bond motifs is 1. The largest absolute Gasteiger partial charge is 0.465 e. The van der Waals surface area contributed by atoms with Gasteiger partial charge in [0, 0.05) is 12.5 Å². The molecule has 0 fully saturated rings. The lowest BCUT2D eigenvalue weighted by Gasteiger charge is -2.38. The second kappa shape index (κ2) is 9.90. The van der Waals surface area contributed by atoms with Crippen LogP contribution in [0.5, 0.6) is 0 Å². The minimum absolute atomic E-state index is 0.0306. The number of rotatable bonds is 4. The van der Waals surface area contributed by atoms with Crippen molar-refractivity contribution in [2.45, 2.75) is 58.0 Å². The Morgan fingerprint density at radius 1 is 1.00 bits per heavy atom. The van der Waals surface area contributed by atoms with E-state index < -0.39 is 54.4 Å². The van der Waals surface area contributed by atoms with Gasteiger partial charge in [-0.15, -0.1) is 0 Å². The summed E-state index contributed by atoms with van der Waals surface area (Å²) in [5.74, 6) is 0. The summed E-state index contributed by atoms with van der Waals surface area (Å²) >= 11 is 0. The first-order valence-corrected chi connectivity index (χ1v) is 10.9. The third-order valence-electron chi connectivity index (χ3n) is 6.07. The zero-order valence-corrected chi connectivity index (χ0v) is 19.5. The predicted molar refractivity (Wildman–Crippen MR) is 118 cm³/mol. The lowest BCUT2D eigenvalue weighted by Crippen LogP contribution is -2.46. The van der Waals surface area contributed by atoms with E-state index in [0.29, 0.717) is 23.4 Å². The van der Waals surface area contributed by atoms with Gasteiger partial charge in [0.25, 0.3) is 0 Å². The molecule has 0 saturated heterocycles. The number of amides is 2. The Bertz CT molecular complexity index is 1130. The van der Waals surface area contributed by atoms with Crippen molar-refractivity contribution in [3.8, 4) is 0 Å². The number of hydrogen-bond acceptors (Lipinski definition) is 3. The molecule has 0 aromatic heterocycles. The van der Waals surface area contributed by atoms with Gasteiger partial charge < -0.3 is 15.2 Å². The third kappa shape index (κ3) is 6.03. The predicted octanol–water partition coefficient (Wildman–Crippen LogP) is 6.63. The molecule has 196 valence electrons. The van der Waals surface area contributed by atoms with Gasteiger partial charge in [-0.25, -0.2) is 9.59 Å². The van der Waals surface area contributed by atoms with Crippen molar-refractivity contribution in [3.05, 3.63) is 63.7 Å². The Hall–Kier alpha value is -3.44. The Labute approximate surface area is 202 Å². The zero-order chi connectivity index (χ0) is 27.0. The molecular formula is C24H24F6N2O4. The molecule has 2 aromatic rings. The highest BCUT2D eigenvalue weighted by molar-refractivity contribution is 5.89. The second-order valence-corrected chi connectivity index (χ2v) is 8.73. The van der Waals surface area contributed by atoms with Crippen LogP contribution in [-0.2, 0) is 23.5 Å².